The lowest BCUT2D eigenvalue weighted by Crippen LogP contribution is -2.33. The third-order valence-electron chi connectivity index (χ3n) is 17.6. The molecular formula is C70H43N. The Morgan fingerprint density at radius 3 is 1.45 bits per heavy atom. The quantitative estimate of drug-likeness (QED) is 0.126. The molecule has 2 spiro atoms. The molecular weight excluding hydrogens is 855 g/mol. The summed E-state index contributed by atoms with van der Waals surface area (Å²) in [5.41, 5.74) is 21.8. The summed E-state index contributed by atoms with van der Waals surface area (Å²) in [6, 6.07) is 85.9. The predicted octanol–water partition coefficient (Wildman–Crippen LogP) is 17.7. The van der Waals surface area contributed by atoms with Crippen molar-refractivity contribution < 1.29 is 0 Å². The third-order valence-corrected chi connectivity index (χ3v) is 17.6. The maximum absolute atomic E-state index is 2.67. The van der Waals surface area contributed by atoms with E-state index in [4.69, 9.17) is 0 Å². The van der Waals surface area contributed by atoms with E-state index in [0.717, 1.165) is 17.1 Å². The van der Waals surface area contributed by atoms with Gasteiger partial charge in [0.1, 0.15) is 0 Å². The molecule has 1 nitrogen and oxygen atoms in total. The minimum atomic E-state index is -0.441. The molecule has 3 atom stereocenters. The molecule has 0 N–H and O–H groups in total. The number of fused-ring (bicyclic) bond motifs is 24. The normalized spacial score (nSPS) is 18.8. The molecule has 0 aliphatic heterocycles. The molecule has 0 heterocycles. The van der Waals surface area contributed by atoms with Gasteiger partial charge < -0.3 is 4.90 Å². The number of hydrogen-bond acceptors (Lipinski definition) is 1. The Morgan fingerprint density at radius 2 is 0.803 bits per heavy atom. The highest BCUT2D eigenvalue weighted by Crippen LogP contribution is 2.69. The van der Waals surface area contributed by atoms with Crippen LogP contribution in [0.15, 0.2) is 249 Å². The van der Waals surface area contributed by atoms with Gasteiger partial charge in [-0.15, -0.1) is 0 Å². The molecule has 0 radical (unpaired) electrons. The van der Waals surface area contributed by atoms with Crippen molar-refractivity contribution in [2.45, 2.75) is 16.7 Å². The average Bonchev–Trinajstić information content (AvgIpc) is 4.13. The number of para-hydroxylation sites is 2. The van der Waals surface area contributed by atoms with E-state index in [1.165, 1.54) is 121 Å². The van der Waals surface area contributed by atoms with Gasteiger partial charge in [0.15, 0.2) is 0 Å². The summed E-state index contributed by atoms with van der Waals surface area (Å²) < 4.78 is 0. The van der Waals surface area contributed by atoms with Crippen LogP contribution in [0.4, 0.5) is 17.1 Å². The number of nitrogens with zero attached hydrogens (tertiary/aromatic N) is 1. The fraction of sp³-hybridized carbons (Fsp3) is 0.0571. The van der Waals surface area contributed by atoms with Gasteiger partial charge in [-0.3, -0.25) is 0 Å². The van der Waals surface area contributed by atoms with Gasteiger partial charge in [0, 0.05) is 28.9 Å². The van der Waals surface area contributed by atoms with Crippen molar-refractivity contribution in [3.8, 4) is 33.4 Å². The van der Waals surface area contributed by atoms with Gasteiger partial charge in [0.05, 0.1) is 10.8 Å². The summed E-state index contributed by atoms with van der Waals surface area (Å²) in [6.45, 7) is 0. The van der Waals surface area contributed by atoms with E-state index < -0.39 is 10.8 Å². The highest BCUT2D eigenvalue weighted by molar-refractivity contribution is 6.36. The second kappa shape index (κ2) is 13.5. The van der Waals surface area contributed by atoms with Crippen molar-refractivity contribution in [1.82, 2.24) is 0 Å². The van der Waals surface area contributed by atoms with Crippen molar-refractivity contribution in [3.63, 3.8) is 0 Å². The zero-order chi connectivity index (χ0) is 46.2. The molecule has 5 aliphatic rings. The fourth-order valence-corrected chi connectivity index (χ4v) is 15.3. The van der Waals surface area contributed by atoms with Crippen molar-refractivity contribution >= 4 is 60.2 Å². The molecule has 12 aromatic carbocycles. The zero-order valence-corrected chi connectivity index (χ0v) is 38.8. The molecule has 3 unspecified atom stereocenters. The van der Waals surface area contributed by atoms with Crippen LogP contribution >= 0.6 is 0 Å². The summed E-state index contributed by atoms with van der Waals surface area (Å²) >= 11 is 0. The molecule has 0 saturated carbocycles. The summed E-state index contributed by atoms with van der Waals surface area (Å²) in [5.74, 6) is 0.441. The first-order valence-corrected chi connectivity index (χ1v) is 25.3. The van der Waals surface area contributed by atoms with Gasteiger partial charge in [0.25, 0.3) is 0 Å². The molecule has 71 heavy (non-hydrogen) atoms. The Balaban J connectivity index is 1.01. The Kier molecular flexibility index (Phi) is 7.25. The van der Waals surface area contributed by atoms with Crippen molar-refractivity contribution in [1.29, 1.82) is 0 Å². The second-order valence-corrected chi connectivity index (χ2v) is 20.5. The number of hydrogen-bond donors (Lipinski definition) is 0. The Hall–Kier alpha value is -8.78. The van der Waals surface area contributed by atoms with E-state index in [2.05, 4.69) is 254 Å². The first-order chi connectivity index (χ1) is 35.3. The van der Waals surface area contributed by atoms with Crippen LogP contribution in [0.5, 0.6) is 0 Å². The molecule has 5 aliphatic carbocycles. The van der Waals surface area contributed by atoms with Crippen molar-refractivity contribution in [3.05, 3.63) is 293 Å². The number of allylic oxidation sites excluding steroid dienone is 4. The number of benzene rings is 12. The molecule has 0 bridgehead atoms. The van der Waals surface area contributed by atoms with E-state index in [0.29, 0.717) is 0 Å². The minimum absolute atomic E-state index is 0.190. The van der Waals surface area contributed by atoms with Crippen LogP contribution in [0.3, 0.4) is 0 Å². The fourth-order valence-electron chi connectivity index (χ4n) is 15.3. The number of anilines is 3. The molecule has 0 fully saturated rings. The van der Waals surface area contributed by atoms with Crippen LogP contribution in [0, 0.1) is 5.92 Å². The highest BCUT2D eigenvalue weighted by Gasteiger charge is 2.58. The summed E-state index contributed by atoms with van der Waals surface area (Å²) in [5, 5.41) is 10.7. The molecule has 17 rings (SSSR count). The van der Waals surface area contributed by atoms with Gasteiger partial charge in [-0.05, 0) is 170 Å². The van der Waals surface area contributed by atoms with Gasteiger partial charge in [0.2, 0.25) is 0 Å². The maximum atomic E-state index is 2.67. The summed E-state index contributed by atoms with van der Waals surface area (Å²) in [6.07, 6.45) is 9.57. The molecule has 1 heteroatoms. The van der Waals surface area contributed by atoms with Crippen LogP contribution < -0.4 is 4.90 Å². The van der Waals surface area contributed by atoms with Gasteiger partial charge in [-0.1, -0.05) is 200 Å². The maximum Gasteiger partial charge on any atom is 0.0725 e. The van der Waals surface area contributed by atoms with Crippen LogP contribution in [-0.2, 0) is 10.8 Å². The highest BCUT2D eigenvalue weighted by atomic mass is 15.1. The van der Waals surface area contributed by atoms with Crippen molar-refractivity contribution in [2.24, 2.45) is 5.92 Å². The van der Waals surface area contributed by atoms with Crippen LogP contribution in [0.1, 0.15) is 50.4 Å². The molecule has 0 saturated heterocycles. The van der Waals surface area contributed by atoms with E-state index in [-0.39, 0.29) is 11.8 Å². The summed E-state index contributed by atoms with van der Waals surface area (Å²) in [7, 11) is 0. The second-order valence-electron chi connectivity index (χ2n) is 20.5. The van der Waals surface area contributed by atoms with E-state index in [1.807, 2.05) is 0 Å². The lowest BCUT2D eigenvalue weighted by atomic mass is 9.65. The van der Waals surface area contributed by atoms with E-state index in [9.17, 15) is 0 Å². The SMILES string of the molecule is C1=CC2c3ccccc3C3(c4cc(N(c5ccccc5)c5ccccc5)ccc4-c4c3cc3c5cccc6c7c(cc(c8cccc4c83)c65)C3(c4ccccc4-c4ccccc43)c3ccccc3-7)C2C=C1. The molecule has 12 aromatic rings. The van der Waals surface area contributed by atoms with Crippen LogP contribution in [-0.4, -0.2) is 0 Å². The largest absolute Gasteiger partial charge is 0.310 e. The van der Waals surface area contributed by atoms with E-state index >= 15 is 0 Å². The lowest BCUT2D eigenvalue weighted by Gasteiger charge is -2.37. The van der Waals surface area contributed by atoms with Gasteiger partial charge >= 0.3 is 0 Å². The van der Waals surface area contributed by atoms with Crippen LogP contribution in [0.25, 0.3) is 76.5 Å². The molecule has 0 aromatic heterocycles. The standard InChI is InChI=1S/C70H43N/c1-3-19-42(20-4-1)71(43-21-5-2-6-22-43)44-37-38-52-62(39-44)70(59-34-14-9-25-47(59)48-26-10-15-35-60(48)70)64-41-56-50-28-17-30-53-65(50)55(49-29-18-31-54(66(49)56)68(52)64)40-63-67(53)51-27-11-16-36-61(51)69(63)57-32-12-7-23-45(57)46-24-8-13-33-58(46)69/h1-41,47,59H. The molecule has 0 amide bonds. The van der Waals surface area contributed by atoms with Gasteiger partial charge in [-0.25, -0.2) is 0 Å². The number of rotatable bonds is 3. The Labute approximate surface area is 412 Å². The Morgan fingerprint density at radius 1 is 0.310 bits per heavy atom. The van der Waals surface area contributed by atoms with Crippen LogP contribution in [0.2, 0.25) is 0 Å². The van der Waals surface area contributed by atoms with Crippen molar-refractivity contribution in [2.75, 3.05) is 4.90 Å². The predicted molar refractivity (Wildman–Crippen MR) is 295 cm³/mol. The summed E-state index contributed by atoms with van der Waals surface area (Å²) in [4.78, 5) is 2.43. The smallest absolute Gasteiger partial charge is 0.0725 e. The first-order valence-electron chi connectivity index (χ1n) is 25.3. The topological polar surface area (TPSA) is 3.24 Å². The first kappa shape index (κ1) is 38.1. The molecule has 328 valence electrons. The third kappa shape index (κ3) is 4.47. The Bertz CT molecular complexity index is 4280. The zero-order valence-electron chi connectivity index (χ0n) is 38.8. The average molecular weight is 898 g/mol. The van der Waals surface area contributed by atoms with E-state index in [1.54, 1.807) is 0 Å². The van der Waals surface area contributed by atoms with Gasteiger partial charge in [-0.2, -0.15) is 0 Å². The lowest BCUT2D eigenvalue weighted by molar-refractivity contribution is 0.466. The monoisotopic (exact) mass is 897 g/mol. The minimum Gasteiger partial charge on any atom is -0.310 e.